The number of nitrogens with two attached hydrogens (primary N) is 1. The van der Waals surface area contributed by atoms with Crippen LogP contribution < -0.4 is 21.7 Å². The maximum absolute atomic E-state index is 12.6. The molecule has 0 unspecified atom stereocenters. The standard InChI is InChI=1S/C23H24N6O11S3/c24-23(31)27-21-13-18(25-14-42(34,35)36)7-10-20(21)29-28-17-3-1-15(2-4-17)22(30)26-16-5-8-19(9-6-16)41(32,33)12-11-40-43(37,38)39/h1-10,13,25H,11-12,14H2,(H,26,30)(H3,24,27,31)(H,34,35,36)(H,37,38,39). The van der Waals surface area contributed by atoms with Crippen LogP contribution in [0.4, 0.5) is 33.2 Å². The number of primary amides is 1. The Labute approximate surface area is 245 Å². The van der Waals surface area contributed by atoms with Crippen LogP contribution in [0.5, 0.6) is 0 Å². The number of nitrogens with zero attached hydrogens (tertiary/aromatic N) is 2. The summed E-state index contributed by atoms with van der Waals surface area (Å²) in [5.41, 5.74) is 6.48. The van der Waals surface area contributed by atoms with Crippen molar-refractivity contribution in [1.82, 2.24) is 0 Å². The van der Waals surface area contributed by atoms with E-state index in [9.17, 15) is 34.8 Å². The molecule has 0 atom stereocenters. The second-order valence-electron chi connectivity index (χ2n) is 8.42. The Morgan fingerprint density at radius 2 is 1.44 bits per heavy atom. The van der Waals surface area contributed by atoms with Gasteiger partial charge in [0.2, 0.25) is 0 Å². The van der Waals surface area contributed by atoms with Gasteiger partial charge in [0.05, 0.1) is 28.6 Å². The number of anilines is 3. The molecule has 43 heavy (non-hydrogen) atoms. The maximum atomic E-state index is 12.6. The zero-order valence-corrected chi connectivity index (χ0v) is 24.2. The molecule has 3 aromatic carbocycles. The van der Waals surface area contributed by atoms with Crippen LogP contribution >= 0.6 is 0 Å². The minimum Gasteiger partial charge on any atom is -0.370 e. The normalized spacial score (nSPS) is 12.1. The van der Waals surface area contributed by atoms with E-state index in [0.29, 0.717) is 5.69 Å². The number of benzene rings is 3. The summed E-state index contributed by atoms with van der Waals surface area (Å²) in [6.45, 7) is -0.774. The number of carbonyl (C=O) groups is 2. The van der Waals surface area contributed by atoms with E-state index in [4.69, 9.17) is 14.8 Å². The predicted molar refractivity (Wildman–Crippen MR) is 154 cm³/mol. The molecule has 230 valence electrons. The molecular weight excluding hydrogens is 632 g/mol. The smallest absolute Gasteiger partial charge is 0.370 e. The summed E-state index contributed by atoms with van der Waals surface area (Å²) in [5, 5.41) is 15.5. The summed E-state index contributed by atoms with van der Waals surface area (Å²) in [6.07, 6.45) is 0. The number of nitrogens with one attached hydrogen (secondary N) is 3. The highest BCUT2D eigenvalue weighted by Gasteiger charge is 2.17. The molecule has 20 heteroatoms. The van der Waals surface area contributed by atoms with Gasteiger partial charge in [0.15, 0.2) is 9.84 Å². The fourth-order valence-electron chi connectivity index (χ4n) is 3.25. The summed E-state index contributed by atoms with van der Waals surface area (Å²) >= 11 is 0. The SMILES string of the molecule is NC(=O)Nc1cc(NCS(=O)(=O)O)ccc1N=Nc1ccc(C(=O)Nc2ccc(S(=O)(=O)CCOS(=O)(=O)O)cc2)cc1. The molecule has 3 rings (SSSR count). The van der Waals surface area contributed by atoms with Crippen molar-refractivity contribution < 1.29 is 48.1 Å². The third-order valence-corrected chi connectivity index (χ3v) is 7.84. The molecule has 7 N–H and O–H groups in total. The van der Waals surface area contributed by atoms with Gasteiger partial charge in [-0.25, -0.2) is 17.4 Å². The summed E-state index contributed by atoms with van der Waals surface area (Å²) in [7, 11) is -13.0. The predicted octanol–water partition coefficient (Wildman–Crippen LogP) is 2.70. The molecule has 0 heterocycles. The number of carbonyl (C=O) groups excluding carboxylic acids is 2. The third-order valence-electron chi connectivity index (χ3n) is 5.17. The van der Waals surface area contributed by atoms with Crippen molar-refractivity contribution >= 4 is 70.7 Å². The van der Waals surface area contributed by atoms with E-state index in [1.165, 1.54) is 66.7 Å². The molecule has 0 saturated carbocycles. The van der Waals surface area contributed by atoms with E-state index in [1.807, 2.05) is 0 Å². The number of hydrogen-bond acceptors (Lipinski definition) is 12. The maximum Gasteiger partial charge on any atom is 0.397 e. The van der Waals surface area contributed by atoms with Gasteiger partial charge in [-0.05, 0) is 66.7 Å². The van der Waals surface area contributed by atoms with Crippen LogP contribution in [0.3, 0.4) is 0 Å². The van der Waals surface area contributed by atoms with Crippen LogP contribution in [-0.2, 0) is 34.5 Å². The van der Waals surface area contributed by atoms with Crippen molar-refractivity contribution in [2.45, 2.75) is 4.90 Å². The molecule has 0 spiro atoms. The quantitative estimate of drug-likeness (QED) is 0.114. The first-order chi connectivity index (χ1) is 20.0. The Morgan fingerprint density at radius 3 is 2.02 bits per heavy atom. The van der Waals surface area contributed by atoms with Crippen molar-refractivity contribution in [2.24, 2.45) is 16.0 Å². The van der Waals surface area contributed by atoms with Gasteiger partial charge >= 0.3 is 16.4 Å². The minimum absolute atomic E-state index is 0.0952. The number of amides is 3. The molecule has 0 radical (unpaired) electrons. The Hall–Kier alpha value is -4.47. The monoisotopic (exact) mass is 656 g/mol. The van der Waals surface area contributed by atoms with E-state index >= 15 is 0 Å². The highest BCUT2D eigenvalue weighted by atomic mass is 32.3. The Kier molecular flexibility index (Phi) is 10.5. The molecule has 0 bridgehead atoms. The minimum atomic E-state index is -4.77. The van der Waals surface area contributed by atoms with Gasteiger partial charge in [-0.3, -0.25) is 13.9 Å². The number of rotatable bonds is 13. The van der Waals surface area contributed by atoms with Gasteiger partial charge in [-0.2, -0.15) is 21.9 Å². The molecule has 3 aromatic rings. The lowest BCUT2D eigenvalue weighted by Crippen LogP contribution is -2.19. The highest BCUT2D eigenvalue weighted by molar-refractivity contribution is 7.91. The van der Waals surface area contributed by atoms with Crippen LogP contribution in [0.1, 0.15) is 10.4 Å². The molecule has 0 fully saturated rings. The molecule has 0 aromatic heterocycles. The summed E-state index contributed by atoms with van der Waals surface area (Å²) in [5.74, 6) is -2.00. The third kappa shape index (κ3) is 11.0. The Balaban J connectivity index is 1.65. The van der Waals surface area contributed by atoms with E-state index < -0.39 is 60.5 Å². The van der Waals surface area contributed by atoms with Crippen molar-refractivity contribution in [1.29, 1.82) is 0 Å². The van der Waals surface area contributed by atoms with Gasteiger partial charge in [0, 0.05) is 16.9 Å². The molecular formula is C23H24N6O11S3. The Bertz CT molecular complexity index is 1850. The van der Waals surface area contributed by atoms with E-state index in [2.05, 4.69) is 30.4 Å². The number of hydrogen-bond donors (Lipinski definition) is 6. The number of azo groups is 1. The fraction of sp³-hybridized carbons (Fsp3) is 0.130. The lowest BCUT2D eigenvalue weighted by Gasteiger charge is -2.10. The lowest BCUT2D eigenvalue weighted by molar-refractivity contribution is 0.102. The van der Waals surface area contributed by atoms with Gasteiger partial charge in [0.1, 0.15) is 11.6 Å². The second-order valence-corrected chi connectivity index (χ2v) is 13.1. The average Bonchev–Trinajstić information content (AvgIpc) is 2.90. The van der Waals surface area contributed by atoms with Gasteiger partial charge in [-0.1, -0.05) is 0 Å². The lowest BCUT2D eigenvalue weighted by atomic mass is 10.2. The topological polar surface area (TPSA) is 273 Å². The Morgan fingerprint density at radius 1 is 0.814 bits per heavy atom. The summed E-state index contributed by atoms with van der Waals surface area (Å²) in [6, 6.07) is 14.2. The zero-order valence-electron chi connectivity index (χ0n) is 21.7. The van der Waals surface area contributed by atoms with Crippen LogP contribution in [0, 0.1) is 0 Å². The largest absolute Gasteiger partial charge is 0.397 e. The molecule has 17 nitrogen and oxygen atoms in total. The zero-order chi connectivity index (χ0) is 31.8. The van der Waals surface area contributed by atoms with Gasteiger partial charge in [-0.15, -0.1) is 5.11 Å². The van der Waals surface area contributed by atoms with Crippen LogP contribution in [0.2, 0.25) is 0 Å². The van der Waals surface area contributed by atoms with Crippen molar-refractivity contribution in [3.63, 3.8) is 0 Å². The van der Waals surface area contributed by atoms with Gasteiger partial charge < -0.3 is 21.7 Å². The highest BCUT2D eigenvalue weighted by Crippen LogP contribution is 2.30. The van der Waals surface area contributed by atoms with Crippen molar-refractivity contribution in [3.05, 3.63) is 72.3 Å². The average molecular weight is 657 g/mol. The second kappa shape index (κ2) is 13.7. The van der Waals surface area contributed by atoms with E-state index in [-0.39, 0.29) is 33.2 Å². The molecule has 0 aliphatic carbocycles. The first-order valence-corrected chi connectivity index (χ1v) is 16.3. The molecule has 0 aliphatic heterocycles. The first kappa shape index (κ1) is 33.0. The fourth-order valence-corrected chi connectivity index (χ4v) is 5.09. The van der Waals surface area contributed by atoms with Gasteiger partial charge in [0.25, 0.3) is 16.0 Å². The van der Waals surface area contributed by atoms with Crippen LogP contribution in [0.15, 0.2) is 81.9 Å². The van der Waals surface area contributed by atoms with Crippen LogP contribution in [0.25, 0.3) is 0 Å². The van der Waals surface area contributed by atoms with Crippen molar-refractivity contribution in [2.75, 3.05) is 34.2 Å². The molecule has 0 saturated heterocycles. The molecule has 3 amide bonds. The van der Waals surface area contributed by atoms with E-state index in [1.54, 1.807) is 0 Å². The first-order valence-electron chi connectivity index (χ1n) is 11.7. The summed E-state index contributed by atoms with van der Waals surface area (Å²) in [4.78, 5) is 23.8. The van der Waals surface area contributed by atoms with Crippen molar-refractivity contribution in [3.8, 4) is 0 Å². The van der Waals surface area contributed by atoms with Crippen LogP contribution in [-0.4, -0.2) is 64.5 Å². The number of urea groups is 1. The molecule has 0 aliphatic rings. The van der Waals surface area contributed by atoms with E-state index in [0.717, 1.165) is 0 Å². The summed E-state index contributed by atoms with van der Waals surface area (Å²) < 4.78 is 89.0. The number of sulfone groups is 1.